The van der Waals surface area contributed by atoms with Crippen LogP contribution in [0.5, 0.6) is 0 Å². The molecule has 96 valence electrons. The minimum Gasteiger partial charge on any atom is -0.323 e. The lowest BCUT2D eigenvalue weighted by atomic mass is 10.2. The Bertz CT molecular complexity index is 590. The van der Waals surface area contributed by atoms with Crippen molar-refractivity contribution >= 4 is 34.7 Å². The van der Waals surface area contributed by atoms with E-state index in [-0.39, 0.29) is 11.5 Å². The summed E-state index contributed by atoms with van der Waals surface area (Å²) in [5.41, 5.74) is 3.74. The van der Waals surface area contributed by atoms with E-state index >= 15 is 0 Å². The third-order valence-electron chi connectivity index (χ3n) is 2.25. The number of nitrogens with zero attached hydrogens (tertiary/aromatic N) is 2. The molecule has 3 N–H and O–H groups in total. The van der Waals surface area contributed by atoms with Gasteiger partial charge in [0.15, 0.2) is 5.71 Å². The second-order valence-electron chi connectivity index (χ2n) is 3.56. The zero-order valence-electron chi connectivity index (χ0n) is 9.98. The quantitative estimate of drug-likeness (QED) is 0.379. The van der Waals surface area contributed by atoms with E-state index in [1.807, 2.05) is 35.7 Å². The Morgan fingerprint density at radius 3 is 2.63 bits per heavy atom. The number of carbonyl (C=O) groups excluding carboxylic acids is 1. The molecule has 0 aliphatic heterocycles. The molecule has 0 aliphatic carbocycles. The fourth-order valence-corrected chi connectivity index (χ4v) is 2.05. The fraction of sp³-hybridized carbons (Fsp3) is 0. The number of thiophene rings is 1. The van der Waals surface area contributed by atoms with E-state index in [1.54, 1.807) is 12.1 Å². The highest BCUT2D eigenvalue weighted by Gasteiger charge is 2.13. The van der Waals surface area contributed by atoms with Crippen LogP contribution in [0.25, 0.3) is 0 Å². The second-order valence-corrected chi connectivity index (χ2v) is 4.51. The number of para-hydroxylation sites is 1. The van der Waals surface area contributed by atoms with E-state index in [9.17, 15) is 4.79 Å². The zero-order chi connectivity index (χ0) is 13.5. The third-order valence-corrected chi connectivity index (χ3v) is 3.12. The summed E-state index contributed by atoms with van der Waals surface area (Å²) in [4.78, 5) is 12.7. The van der Waals surface area contributed by atoms with Gasteiger partial charge in [-0.05, 0) is 23.6 Å². The van der Waals surface area contributed by atoms with Crippen molar-refractivity contribution in [2.24, 2.45) is 16.0 Å². The minimum absolute atomic E-state index is 0.161. The first-order chi connectivity index (χ1) is 9.31. The predicted octanol–water partition coefficient (Wildman–Crippen LogP) is 2.34. The van der Waals surface area contributed by atoms with Gasteiger partial charge in [0, 0.05) is 0 Å². The molecule has 19 heavy (non-hydrogen) atoms. The molecule has 0 aliphatic rings. The normalized spacial score (nSPS) is 11.7. The van der Waals surface area contributed by atoms with Gasteiger partial charge in [0.05, 0.1) is 16.8 Å². The van der Waals surface area contributed by atoms with Crippen LogP contribution in [0.15, 0.2) is 58.0 Å². The lowest BCUT2D eigenvalue weighted by Gasteiger charge is -2.01. The van der Waals surface area contributed by atoms with Crippen LogP contribution in [0.2, 0.25) is 0 Å². The van der Waals surface area contributed by atoms with E-state index in [2.05, 4.69) is 15.6 Å². The average Bonchev–Trinajstić information content (AvgIpc) is 2.98. The Morgan fingerprint density at radius 1 is 1.21 bits per heavy atom. The summed E-state index contributed by atoms with van der Waals surface area (Å²) in [5, 5.41) is 9.23. The molecule has 0 fully saturated rings. The van der Waals surface area contributed by atoms with Crippen molar-refractivity contribution in [2.75, 3.05) is 5.43 Å². The number of nitrogens with two attached hydrogens (primary N) is 1. The number of anilines is 1. The Kier molecular flexibility index (Phi) is 4.41. The van der Waals surface area contributed by atoms with Crippen LogP contribution < -0.4 is 11.3 Å². The van der Waals surface area contributed by atoms with Crippen LogP contribution in [0, 0.1) is 0 Å². The van der Waals surface area contributed by atoms with E-state index < -0.39 is 0 Å². The number of nitrogens with one attached hydrogen (secondary N) is 1. The van der Waals surface area contributed by atoms with Crippen molar-refractivity contribution in [1.29, 1.82) is 0 Å². The molecule has 0 bridgehead atoms. The topological polar surface area (TPSA) is 79.8 Å². The Balaban J connectivity index is 2.18. The van der Waals surface area contributed by atoms with Crippen LogP contribution in [-0.4, -0.2) is 17.7 Å². The molecule has 0 atom stereocenters. The lowest BCUT2D eigenvalue weighted by molar-refractivity contribution is 0.107. The average molecular weight is 272 g/mol. The van der Waals surface area contributed by atoms with Crippen molar-refractivity contribution < 1.29 is 4.79 Å². The van der Waals surface area contributed by atoms with Gasteiger partial charge in [-0.2, -0.15) is 10.2 Å². The first-order valence-corrected chi connectivity index (χ1v) is 6.39. The van der Waals surface area contributed by atoms with Gasteiger partial charge in [-0.15, -0.1) is 11.3 Å². The van der Waals surface area contributed by atoms with Crippen LogP contribution in [0.3, 0.4) is 0 Å². The van der Waals surface area contributed by atoms with E-state index in [0.29, 0.717) is 4.88 Å². The van der Waals surface area contributed by atoms with Crippen molar-refractivity contribution in [3.05, 3.63) is 52.7 Å². The Hall–Kier alpha value is -2.47. The van der Waals surface area contributed by atoms with Crippen molar-refractivity contribution in [3.8, 4) is 0 Å². The first-order valence-electron chi connectivity index (χ1n) is 5.51. The molecule has 1 aromatic carbocycles. The van der Waals surface area contributed by atoms with Gasteiger partial charge in [0.2, 0.25) is 5.78 Å². The number of hydrazone groups is 2. The lowest BCUT2D eigenvalue weighted by Crippen LogP contribution is -2.17. The van der Waals surface area contributed by atoms with Gasteiger partial charge in [0.1, 0.15) is 0 Å². The highest BCUT2D eigenvalue weighted by molar-refractivity contribution is 7.13. The molecule has 5 nitrogen and oxygen atoms in total. The first kappa shape index (κ1) is 13.0. The van der Waals surface area contributed by atoms with Gasteiger partial charge in [-0.3, -0.25) is 10.2 Å². The van der Waals surface area contributed by atoms with Gasteiger partial charge >= 0.3 is 0 Å². The molecule has 0 radical (unpaired) electrons. The van der Waals surface area contributed by atoms with Crippen molar-refractivity contribution in [3.63, 3.8) is 0 Å². The third kappa shape index (κ3) is 3.49. The SMILES string of the molecule is N/N=C/C(=N\Nc1ccccc1)C(=O)c1cccs1. The van der Waals surface area contributed by atoms with Gasteiger partial charge < -0.3 is 5.84 Å². The highest BCUT2D eigenvalue weighted by Crippen LogP contribution is 2.10. The summed E-state index contributed by atoms with van der Waals surface area (Å²) in [7, 11) is 0. The number of rotatable bonds is 5. The maximum atomic E-state index is 12.1. The van der Waals surface area contributed by atoms with Crippen LogP contribution in [0.1, 0.15) is 9.67 Å². The molecule has 1 aromatic heterocycles. The van der Waals surface area contributed by atoms with Gasteiger partial charge in [0.25, 0.3) is 0 Å². The summed E-state index contributed by atoms with van der Waals surface area (Å²) in [6.45, 7) is 0. The molecule has 0 spiro atoms. The van der Waals surface area contributed by atoms with Gasteiger partial charge in [-0.25, -0.2) is 0 Å². The van der Waals surface area contributed by atoms with E-state index in [0.717, 1.165) is 5.69 Å². The molecule has 2 rings (SSSR count). The summed E-state index contributed by atoms with van der Waals surface area (Å²) in [6.07, 6.45) is 1.23. The fourth-order valence-electron chi connectivity index (χ4n) is 1.38. The minimum atomic E-state index is -0.215. The molecule has 0 saturated carbocycles. The maximum Gasteiger partial charge on any atom is 0.224 e. The number of hydrogen-bond donors (Lipinski definition) is 2. The summed E-state index contributed by atoms with van der Waals surface area (Å²) >= 11 is 1.35. The maximum absolute atomic E-state index is 12.1. The summed E-state index contributed by atoms with van der Waals surface area (Å²) < 4.78 is 0. The molecular formula is C13H12N4OS. The summed E-state index contributed by atoms with van der Waals surface area (Å²) in [6, 6.07) is 12.9. The molecule has 1 heterocycles. The second kappa shape index (κ2) is 6.46. The smallest absolute Gasteiger partial charge is 0.224 e. The number of carbonyl (C=O) groups is 1. The molecule has 0 saturated heterocycles. The van der Waals surface area contributed by atoms with Crippen molar-refractivity contribution in [1.82, 2.24) is 0 Å². The zero-order valence-corrected chi connectivity index (χ0v) is 10.8. The standard InChI is InChI=1S/C13H12N4OS/c14-15-9-11(13(18)12-7-4-8-19-12)17-16-10-5-2-1-3-6-10/h1-9,16H,14H2/b15-9+,17-11+. The number of benzene rings is 1. The Labute approximate surface area is 114 Å². The molecule has 0 unspecified atom stereocenters. The van der Waals surface area contributed by atoms with Crippen LogP contribution in [-0.2, 0) is 0 Å². The number of Topliss-reactive ketones (excluding diaryl/α,β-unsaturated/α-hetero) is 1. The predicted molar refractivity (Wildman–Crippen MR) is 78.8 cm³/mol. The molecule has 0 amide bonds. The van der Waals surface area contributed by atoms with E-state index in [1.165, 1.54) is 17.6 Å². The molecular weight excluding hydrogens is 260 g/mol. The molecule has 6 heteroatoms. The number of hydrogen-bond acceptors (Lipinski definition) is 6. The Morgan fingerprint density at radius 2 is 2.00 bits per heavy atom. The highest BCUT2D eigenvalue weighted by atomic mass is 32.1. The van der Waals surface area contributed by atoms with Crippen LogP contribution >= 0.6 is 11.3 Å². The van der Waals surface area contributed by atoms with Crippen molar-refractivity contribution in [2.45, 2.75) is 0 Å². The van der Waals surface area contributed by atoms with E-state index in [4.69, 9.17) is 5.84 Å². The molecule has 2 aromatic rings. The monoisotopic (exact) mass is 272 g/mol. The van der Waals surface area contributed by atoms with Crippen LogP contribution in [0.4, 0.5) is 5.69 Å². The largest absolute Gasteiger partial charge is 0.323 e. The van der Waals surface area contributed by atoms with Gasteiger partial charge in [-0.1, -0.05) is 24.3 Å². The number of ketones is 1. The summed E-state index contributed by atoms with van der Waals surface area (Å²) in [5.74, 6) is 4.89.